The third-order valence-corrected chi connectivity index (χ3v) is 4.10. The van der Waals surface area contributed by atoms with Crippen molar-refractivity contribution >= 4 is 27.0 Å². The van der Waals surface area contributed by atoms with Gasteiger partial charge in [-0.15, -0.1) is 0 Å². The van der Waals surface area contributed by atoms with Gasteiger partial charge in [0.2, 0.25) is 0 Å². The summed E-state index contributed by atoms with van der Waals surface area (Å²) >= 11 is 1.97. The summed E-state index contributed by atoms with van der Waals surface area (Å²) in [6, 6.07) is 7.38. The van der Waals surface area contributed by atoms with Gasteiger partial charge in [0.05, 0.1) is 11.0 Å². The molecule has 0 saturated carbocycles. The Morgan fingerprint density at radius 3 is 1.94 bits per heavy atom. The van der Waals surface area contributed by atoms with Crippen LogP contribution in [0.2, 0.25) is 0 Å². The highest BCUT2D eigenvalue weighted by Crippen LogP contribution is 2.21. The lowest BCUT2D eigenvalue weighted by Gasteiger charge is -2.23. The standard InChI is InChI=1S/C13H19BrO2S/c1-9(2)13(10(3)4)16-17(15)12-7-5-11(14)6-8-12/h5-10,13H,1-4H3/t17-/m1/s1. The van der Waals surface area contributed by atoms with Crippen LogP contribution in [-0.4, -0.2) is 10.3 Å². The van der Waals surface area contributed by atoms with Gasteiger partial charge in [-0.3, -0.25) is 4.18 Å². The number of rotatable bonds is 5. The van der Waals surface area contributed by atoms with Gasteiger partial charge in [-0.2, -0.15) is 0 Å². The van der Waals surface area contributed by atoms with E-state index in [0.29, 0.717) is 16.7 Å². The zero-order valence-electron chi connectivity index (χ0n) is 10.6. The second kappa shape index (κ2) is 6.66. The van der Waals surface area contributed by atoms with E-state index in [1.54, 1.807) is 0 Å². The topological polar surface area (TPSA) is 26.3 Å². The lowest BCUT2D eigenvalue weighted by molar-refractivity contribution is 0.121. The van der Waals surface area contributed by atoms with Crippen molar-refractivity contribution in [2.24, 2.45) is 11.8 Å². The van der Waals surface area contributed by atoms with Crippen molar-refractivity contribution in [3.05, 3.63) is 28.7 Å². The molecule has 0 bridgehead atoms. The smallest absolute Gasteiger partial charge is 0.189 e. The molecule has 0 spiro atoms. The maximum absolute atomic E-state index is 12.0. The van der Waals surface area contributed by atoms with Crippen LogP contribution in [0.4, 0.5) is 0 Å². The number of halogens is 1. The molecule has 0 amide bonds. The van der Waals surface area contributed by atoms with Crippen molar-refractivity contribution in [3.8, 4) is 0 Å². The van der Waals surface area contributed by atoms with E-state index in [4.69, 9.17) is 4.18 Å². The Labute approximate surface area is 115 Å². The predicted molar refractivity (Wildman–Crippen MR) is 75.1 cm³/mol. The van der Waals surface area contributed by atoms with Gasteiger partial charge < -0.3 is 0 Å². The first-order valence-electron chi connectivity index (χ1n) is 5.76. The van der Waals surface area contributed by atoms with Crippen molar-refractivity contribution in [2.75, 3.05) is 0 Å². The minimum absolute atomic E-state index is 0.0134. The Morgan fingerprint density at radius 1 is 1.06 bits per heavy atom. The molecule has 0 aliphatic carbocycles. The van der Waals surface area contributed by atoms with E-state index in [1.165, 1.54) is 0 Å². The van der Waals surface area contributed by atoms with Crippen LogP contribution in [0.15, 0.2) is 33.6 Å². The van der Waals surface area contributed by atoms with Crippen molar-refractivity contribution in [2.45, 2.75) is 38.7 Å². The molecule has 0 aliphatic rings. The molecule has 1 rings (SSSR count). The molecule has 0 aliphatic heterocycles. The summed E-state index contributed by atoms with van der Waals surface area (Å²) < 4.78 is 18.7. The Kier molecular flexibility index (Phi) is 5.83. The van der Waals surface area contributed by atoms with Crippen LogP contribution >= 0.6 is 15.9 Å². The van der Waals surface area contributed by atoms with Gasteiger partial charge in [0, 0.05) is 4.47 Å². The molecule has 1 atom stereocenters. The molecule has 0 aromatic heterocycles. The average Bonchev–Trinajstić information content (AvgIpc) is 2.25. The highest BCUT2D eigenvalue weighted by molar-refractivity contribution is 9.10. The highest BCUT2D eigenvalue weighted by atomic mass is 79.9. The van der Waals surface area contributed by atoms with Crippen LogP contribution in [0.5, 0.6) is 0 Å². The van der Waals surface area contributed by atoms with Gasteiger partial charge in [0.1, 0.15) is 0 Å². The Hall–Kier alpha value is -0.190. The first-order chi connectivity index (χ1) is 7.91. The van der Waals surface area contributed by atoms with E-state index in [0.717, 1.165) is 4.47 Å². The zero-order chi connectivity index (χ0) is 13.0. The quantitative estimate of drug-likeness (QED) is 0.814. The Balaban J connectivity index is 2.74. The third-order valence-electron chi connectivity index (χ3n) is 2.52. The predicted octanol–water partition coefficient (Wildman–Crippen LogP) is 4.17. The maximum atomic E-state index is 12.0. The van der Waals surface area contributed by atoms with Crippen molar-refractivity contribution in [1.82, 2.24) is 0 Å². The van der Waals surface area contributed by atoms with Crippen molar-refractivity contribution in [1.29, 1.82) is 0 Å². The van der Waals surface area contributed by atoms with E-state index in [2.05, 4.69) is 43.6 Å². The van der Waals surface area contributed by atoms with Gasteiger partial charge >= 0.3 is 0 Å². The van der Waals surface area contributed by atoms with Crippen LogP contribution in [0.3, 0.4) is 0 Å². The molecule has 0 N–H and O–H groups in total. The molecule has 0 radical (unpaired) electrons. The van der Waals surface area contributed by atoms with Gasteiger partial charge in [-0.1, -0.05) is 43.6 Å². The van der Waals surface area contributed by atoms with E-state index in [9.17, 15) is 4.21 Å². The summed E-state index contributed by atoms with van der Waals surface area (Å²) in [5.41, 5.74) is 0. The summed E-state index contributed by atoms with van der Waals surface area (Å²) in [5, 5.41) is 0. The molecule has 96 valence electrons. The summed E-state index contributed by atoms with van der Waals surface area (Å²) in [4.78, 5) is 0.708. The molecule has 2 nitrogen and oxygen atoms in total. The molecule has 0 saturated heterocycles. The third kappa shape index (κ3) is 4.53. The summed E-state index contributed by atoms with van der Waals surface area (Å²) in [6.07, 6.45) is 0.0134. The molecule has 1 aromatic carbocycles. The number of hydrogen-bond acceptors (Lipinski definition) is 2. The molecule has 4 heteroatoms. The minimum Gasteiger partial charge on any atom is -0.283 e. The summed E-state index contributed by atoms with van der Waals surface area (Å²) in [6.45, 7) is 8.35. The van der Waals surface area contributed by atoms with Crippen LogP contribution in [0.25, 0.3) is 0 Å². The fourth-order valence-electron chi connectivity index (χ4n) is 1.69. The van der Waals surface area contributed by atoms with E-state index >= 15 is 0 Å². The fourth-order valence-corrected chi connectivity index (χ4v) is 3.07. The largest absolute Gasteiger partial charge is 0.283 e. The fraction of sp³-hybridized carbons (Fsp3) is 0.538. The first-order valence-corrected chi connectivity index (χ1v) is 7.63. The lowest BCUT2D eigenvalue weighted by Crippen LogP contribution is -2.26. The van der Waals surface area contributed by atoms with Gasteiger partial charge in [0.15, 0.2) is 11.1 Å². The van der Waals surface area contributed by atoms with E-state index in [-0.39, 0.29) is 6.10 Å². The molecular formula is C13H19BrO2S. The molecular weight excluding hydrogens is 300 g/mol. The van der Waals surface area contributed by atoms with E-state index in [1.807, 2.05) is 24.3 Å². The second-order valence-electron chi connectivity index (χ2n) is 4.74. The van der Waals surface area contributed by atoms with Crippen LogP contribution in [0, 0.1) is 11.8 Å². The van der Waals surface area contributed by atoms with Gasteiger partial charge in [0.25, 0.3) is 0 Å². The molecule has 0 fully saturated rings. The number of hydrogen-bond donors (Lipinski definition) is 0. The lowest BCUT2D eigenvalue weighted by atomic mass is 9.97. The van der Waals surface area contributed by atoms with Crippen LogP contribution in [0.1, 0.15) is 27.7 Å². The average molecular weight is 319 g/mol. The Morgan fingerprint density at radius 2 is 1.53 bits per heavy atom. The zero-order valence-corrected chi connectivity index (χ0v) is 13.0. The van der Waals surface area contributed by atoms with Gasteiger partial charge in [-0.25, -0.2) is 4.21 Å². The summed E-state index contributed by atoms with van der Waals surface area (Å²) in [7, 11) is 0. The first kappa shape index (κ1) is 14.9. The molecule has 17 heavy (non-hydrogen) atoms. The van der Waals surface area contributed by atoms with E-state index < -0.39 is 11.1 Å². The molecule has 0 heterocycles. The SMILES string of the molecule is CC(C)C(O[S@@](=O)c1ccc(Br)cc1)C(C)C. The van der Waals surface area contributed by atoms with Crippen molar-refractivity contribution in [3.63, 3.8) is 0 Å². The highest BCUT2D eigenvalue weighted by Gasteiger charge is 2.21. The van der Waals surface area contributed by atoms with Crippen LogP contribution < -0.4 is 0 Å². The minimum atomic E-state index is -1.38. The molecule has 1 aromatic rings. The van der Waals surface area contributed by atoms with Crippen LogP contribution in [-0.2, 0) is 15.3 Å². The Bertz CT molecular complexity index is 366. The normalized spacial score (nSPS) is 13.6. The monoisotopic (exact) mass is 318 g/mol. The summed E-state index contributed by atoms with van der Waals surface area (Å²) in [5.74, 6) is 0.712. The maximum Gasteiger partial charge on any atom is 0.189 e. The number of benzene rings is 1. The second-order valence-corrected chi connectivity index (χ2v) is 6.79. The van der Waals surface area contributed by atoms with Gasteiger partial charge in [-0.05, 0) is 36.1 Å². The van der Waals surface area contributed by atoms with Crippen molar-refractivity contribution < 1.29 is 8.39 Å². The molecule has 0 unspecified atom stereocenters.